The summed E-state index contributed by atoms with van der Waals surface area (Å²) in [6, 6.07) is 11.0. The number of nitrogens with zero attached hydrogens (tertiary/aromatic N) is 1. The van der Waals surface area contributed by atoms with E-state index in [9.17, 15) is 13.2 Å². The smallest absolute Gasteiger partial charge is 0.346 e. The number of H-pyrrole nitrogens is 1. The van der Waals surface area contributed by atoms with Gasteiger partial charge in [0, 0.05) is 22.8 Å². The van der Waals surface area contributed by atoms with Crippen LogP contribution in [0.3, 0.4) is 0 Å². The third-order valence-corrected chi connectivity index (χ3v) is 3.31. The molecule has 1 aromatic carbocycles. The van der Waals surface area contributed by atoms with E-state index in [1.165, 1.54) is 0 Å². The molecule has 2 aromatic heterocycles. The topological polar surface area (TPSA) is 28.7 Å². The fourth-order valence-electron chi connectivity index (χ4n) is 2.17. The molecule has 2 nitrogen and oxygen atoms in total. The summed E-state index contributed by atoms with van der Waals surface area (Å²) < 4.78 is 38.7. The molecule has 3 rings (SSSR count). The van der Waals surface area contributed by atoms with E-state index in [1.807, 2.05) is 12.1 Å². The highest BCUT2D eigenvalue weighted by Gasteiger charge is 2.31. The first-order valence-electron chi connectivity index (χ1n) is 6.11. The number of benzene rings is 1. The Kier molecular flexibility index (Phi) is 3.25. The summed E-state index contributed by atoms with van der Waals surface area (Å²) in [5.41, 5.74) is 0.753. The SMILES string of the molecule is FC(F)(F)c1cc(-c2cccc3cccnc23)[nH]c(=S)c1. The van der Waals surface area contributed by atoms with Gasteiger partial charge in [0.15, 0.2) is 0 Å². The third-order valence-electron chi connectivity index (χ3n) is 3.09. The van der Waals surface area contributed by atoms with E-state index in [2.05, 4.69) is 9.97 Å². The van der Waals surface area contributed by atoms with Crippen LogP contribution in [0.25, 0.3) is 22.2 Å². The number of pyridine rings is 2. The molecule has 0 aliphatic rings. The maximum Gasteiger partial charge on any atom is 0.416 e. The van der Waals surface area contributed by atoms with Crippen LogP contribution in [-0.4, -0.2) is 9.97 Å². The lowest BCUT2D eigenvalue weighted by molar-refractivity contribution is -0.137. The lowest BCUT2D eigenvalue weighted by atomic mass is 10.0. The average Bonchev–Trinajstić information content (AvgIpc) is 2.45. The van der Waals surface area contributed by atoms with Crippen molar-refractivity contribution in [2.75, 3.05) is 0 Å². The first kappa shape index (κ1) is 13.8. The normalized spacial score (nSPS) is 11.8. The van der Waals surface area contributed by atoms with Crippen molar-refractivity contribution >= 4 is 23.1 Å². The van der Waals surface area contributed by atoms with Crippen molar-refractivity contribution in [3.63, 3.8) is 0 Å². The van der Waals surface area contributed by atoms with E-state index in [0.29, 0.717) is 16.8 Å². The molecule has 0 unspecified atom stereocenters. The summed E-state index contributed by atoms with van der Waals surface area (Å²) >= 11 is 4.90. The summed E-state index contributed by atoms with van der Waals surface area (Å²) in [5, 5.41) is 0.853. The number of para-hydroxylation sites is 1. The van der Waals surface area contributed by atoms with Gasteiger partial charge < -0.3 is 4.98 Å². The summed E-state index contributed by atoms with van der Waals surface area (Å²) in [7, 11) is 0. The Hall–Kier alpha value is -2.21. The molecule has 0 atom stereocenters. The summed E-state index contributed by atoms with van der Waals surface area (Å²) in [4.78, 5) is 7.05. The molecule has 0 saturated carbocycles. The second kappa shape index (κ2) is 4.96. The van der Waals surface area contributed by atoms with Gasteiger partial charge in [0.1, 0.15) is 4.64 Å². The van der Waals surface area contributed by atoms with Crippen molar-refractivity contribution in [1.82, 2.24) is 9.97 Å². The van der Waals surface area contributed by atoms with Crippen molar-refractivity contribution in [3.05, 3.63) is 58.9 Å². The zero-order valence-electron chi connectivity index (χ0n) is 10.6. The molecule has 2 heterocycles. The largest absolute Gasteiger partial charge is 0.416 e. The number of halogens is 3. The van der Waals surface area contributed by atoms with E-state index < -0.39 is 11.7 Å². The molecule has 1 N–H and O–H groups in total. The maximum absolute atomic E-state index is 12.9. The van der Waals surface area contributed by atoms with Crippen LogP contribution < -0.4 is 0 Å². The lowest BCUT2D eigenvalue weighted by Gasteiger charge is -2.10. The van der Waals surface area contributed by atoms with E-state index in [0.717, 1.165) is 17.5 Å². The molecule has 106 valence electrons. The molecule has 0 aliphatic heterocycles. The van der Waals surface area contributed by atoms with Gasteiger partial charge in [0.25, 0.3) is 0 Å². The van der Waals surface area contributed by atoms with Gasteiger partial charge in [-0.05, 0) is 18.2 Å². The highest BCUT2D eigenvalue weighted by molar-refractivity contribution is 7.71. The minimum Gasteiger partial charge on any atom is -0.346 e. The molecule has 0 radical (unpaired) electrons. The fraction of sp³-hybridized carbons (Fsp3) is 0.0667. The molecular weight excluding hydrogens is 297 g/mol. The van der Waals surface area contributed by atoms with Crippen LogP contribution in [0.4, 0.5) is 13.2 Å². The number of hydrogen-bond acceptors (Lipinski definition) is 2. The van der Waals surface area contributed by atoms with Crippen molar-refractivity contribution in [1.29, 1.82) is 0 Å². The molecule has 21 heavy (non-hydrogen) atoms. The van der Waals surface area contributed by atoms with Crippen LogP contribution in [0.2, 0.25) is 0 Å². The highest BCUT2D eigenvalue weighted by atomic mass is 32.1. The molecular formula is C15H9F3N2S. The second-order valence-corrected chi connectivity index (χ2v) is 4.97. The summed E-state index contributed by atoms with van der Waals surface area (Å²) in [6.45, 7) is 0. The van der Waals surface area contributed by atoms with Crippen LogP contribution in [0.1, 0.15) is 5.56 Å². The van der Waals surface area contributed by atoms with Gasteiger partial charge in [-0.2, -0.15) is 13.2 Å². The summed E-state index contributed by atoms with van der Waals surface area (Å²) in [5.74, 6) is 0. The molecule has 3 aromatic rings. The minimum atomic E-state index is -4.44. The standard InChI is InChI=1S/C15H9F3N2S/c16-15(17,18)10-7-12(20-13(21)8-10)11-5-1-3-9-4-2-6-19-14(9)11/h1-8H,(H,20,21). The predicted octanol–water partition coefficient (Wildman–Crippen LogP) is 4.98. The van der Waals surface area contributed by atoms with E-state index in [-0.39, 0.29) is 4.64 Å². The lowest BCUT2D eigenvalue weighted by Crippen LogP contribution is -2.06. The molecule has 0 aliphatic carbocycles. The zero-order valence-corrected chi connectivity index (χ0v) is 11.4. The Morgan fingerprint density at radius 3 is 2.57 bits per heavy atom. The van der Waals surface area contributed by atoms with Crippen LogP contribution in [0.15, 0.2) is 48.7 Å². The number of nitrogens with one attached hydrogen (secondary N) is 1. The van der Waals surface area contributed by atoms with E-state index in [4.69, 9.17) is 12.2 Å². The monoisotopic (exact) mass is 306 g/mol. The Morgan fingerprint density at radius 1 is 1.05 bits per heavy atom. The molecule has 0 fully saturated rings. The fourth-order valence-corrected chi connectivity index (χ4v) is 2.41. The number of aromatic amines is 1. The first-order chi connectivity index (χ1) is 9.95. The van der Waals surface area contributed by atoms with Crippen molar-refractivity contribution in [2.24, 2.45) is 0 Å². The molecule has 0 spiro atoms. The Bertz CT molecular complexity index is 863. The second-order valence-electron chi connectivity index (χ2n) is 4.53. The van der Waals surface area contributed by atoms with Crippen molar-refractivity contribution < 1.29 is 13.2 Å². The predicted molar refractivity (Wildman–Crippen MR) is 77.4 cm³/mol. The van der Waals surface area contributed by atoms with Crippen LogP contribution in [-0.2, 0) is 6.18 Å². The average molecular weight is 306 g/mol. The molecule has 0 saturated heterocycles. The number of rotatable bonds is 1. The molecule has 0 bridgehead atoms. The van der Waals surface area contributed by atoms with Gasteiger partial charge in [-0.15, -0.1) is 0 Å². The maximum atomic E-state index is 12.9. The van der Waals surface area contributed by atoms with Crippen LogP contribution in [0, 0.1) is 4.64 Å². The molecule has 0 amide bonds. The minimum absolute atomic E-state index is 0.0350. The Labute approximate surface area is 123 Å². The van der Waals surface area contributed by atoms with Gasteiger partial charge in [-0.3, -0.25) is 4.98 Å². The number of hydrogen-bond donors (Lipinski definition) is 1. The van der Waals surface area contributed by atoms with E-state index >= 15 is 0 Å². The number of aromatic nitrogens is 2. The van der Waals surface area contributed by atoms with E-state index in [1.54, 1.807) is 24.4 Å². The van der Waals surface area contributed by atoms with Crippen molar-refractivity contribution in [2.45, 2.75) is 6.18 Å². The van der Waals surface area contributed by atoms with Gasteiger partial charge >= 0.3 is 6.18 Å². The molecule has 6 heteroatoms. The highest BCUT2D eigenvalue weighted by Crippen LogP contribution is 2.33. The van der Waals surface area contributed by atoms with Gasteiger partial charge in [0.2, 0.25) is 0 Å². The Morgan fingerprint density at radius 2 is 1.81 bits per heavy atom. The van der Waals surface area contributed by atoms with Crippen LogP contribution >= 0.6 is 12.2 Å². The zero-order chi connectivity index (χ0) is 15.0. The summed E-state index contributed by atoms with van der Waals surface area (Å²) in [6.07, 6.45) is -2.83. The quantitative estimate of drug-likeness (QED) is 0.642. The first-order valence-corrected chi connectivity index (χ1v) is 6.52. The van der Waals surface area contributed by atoms with Crippen LogP contribution in [0.5, 0.6) is 0 Å². The number of alkyl halides is 3. The van der Waals surface area contributed by atoms with Gasteiger partial charge in [-0.1, -0.05) is 36.5 Å². The van der Waals surface area contributed by atoms with Crippen molar-refractivity contribution in [3.8, 4) is 11.3 Å². The number of fused-ring (bicyclic) bond motifs is 1. The third kappa shape index (κ3) is 2.67. The van der Waals surface area contributed by atoms with Gasteiger partial charge in [-0.25, -0.2) is 0 Å². The Balaban J connectivity index is 2.29. The van der Waals surface area contributed by atoms with Gasteiger partial charge in [0.05, 0.1) is 11.1 Å².